The first kappa shape index (κ1) is 13.5. The largest absolute Gasteiger partial charge is 0.327 e. The van der Waals surface area contributed by atoms with Gasteiger partial charge in [-0.2, -0.15) is 0 Å². The van der Waals surface area contributed by atoms with Crippen molar-refractivity contribution in [1.82, 2.24) is 0 Å². The van der Waals surface area contributed by atoms with Crippen LogP contribution in [0.3, 0.4) is 0 Å². The van der Waals surface area contributed by atoms with Crippen molar-refractivity contribution in [3.63, 3.8) is 0 Å². The Bertz CT molecular complexity index is 396. The van der Waals surface area contributed by atoms with Crippen LogP contribution in [-0.4, -0.2) is 11.9 Å². The summed E-state index contributed by atoms with van der Waals surface area (Å²) in [5.74, 6) is -0.337. The Labute approximate surface area is 108 Å². The second kappa shape index (κ2) is 5.66. The van der Waals surface area contributed by atoms with E-state index in [0.29, 0.717) is 10.7 Å². The Kier molecular flexibility index (Phi) is 4.77. The maximum atomic E-state index is 11.7. The van der Waals surface area contributed by atoms with Gasteiger partial charge in [-0.25, -0.2) is 0 Å². The van der Waals surface area contributed by atoms with Crippen LogP contribution in [-0.2, 0) is 4.79 Å². The fourth-order valence-corrected chi connectivity index (χ4v) is 1.50. The van der Waals surface area contributed by atoms with E-state index in [1.807, 2.05) is 0 Å². The minimum atomic E-state index is -0.234. The summed E-state index contributed by atoms with van der Waals surface area (Å²) < 4.78 is 0.799. The molecular weight excluding hydrogens is 291 g/mol. The van der Waals surface area contributed by atoms with Gasteiger partial charge in [-0.05, 0) is 41.1 Å². The van der Waals surface area contributed by atoms with Crippen molar-refractivity contribution in [2.45, 2.75) is 19.9 Å². The van der Waals surface area contributed by atoms with Crippen LogP contribution in [0, 0.1) is 5.92 Å². The molecule has 16 heavy (non-hydrogen) atoms. The minimum absolute atomic E-state index is 0.103. The number of halogens is 2. The van der Waals surface area contributed by atoms with Crippen molar-refractivity contribution in [2.24, 2.45) is 11.7 Å². The average molecular weight is 306 g/mol. The van der Waals surface area contributed by atoms with E-state index in [1.165, 1.54) is 0 Å². The number of nitrogens with one attached hydrogen (secondary N) is 1. The number of carbonyl (C=O) groups excluding carboxylic acids is 1. The summed E-state index contributed by atoms with van der Waals surface area (Å²) in [5, 5.41) is 3.33. The van der Waals surface area contributed by atoms with Crippen LogP contribution in [0.2, 0.25) is 5.02 Å². The van der Waals surface area contributed by atoms with E-state index in [0.717, 1.165) is 4.47 Å². The summed E-state index contributed by atoms with van der Waals surface area (Å²) in [6.07, 6.45) is 0. The molecule has 0 saturated heterocycles. The normalized spacial score (nSPS) is 14.3. The van der Waals surface area contributed by atoms with E-state index >= 15 is 0 Å². The number of nitrogens with two attached hydrogens (primary N) is 1. The number of benzene rings is 1. The molecule has 0 saturated carbocycles. The third kappa shape index (κ3) is 3.47. The highest BCUT2D eigenvalue weighted by molar-refractivity contribution is 9.10. The van der Waals surface area contributed by atoms with E-state index in [4.69, 9.17) is 17.3 Å². The van der Waals surface area contributed by atoms with E-state index in [-0.39, 0.29) is 17.9 Å². The molecule has 1 amide bonds. The lowest BCUT2D eigenvalue weighted by molar-refractivity contribution is -0.119. The predicted octanol–water partition coefficient (Wildman–Crippen LogP) is 3.02. The molecule has 0 aliphatic carbocycles. The van der Waals surface area contributed by atoms with Gasteiger partial charge in [0, 0.05) is 16.2 Å². The lowest BCUT2D eigenvalue weighted by atomic mass is 10.0. The molecule has 0 bridgehead atoms. The van der Waals surface area contributed by atoms with Crippen LogP contribution < -0.4 is 11.1 Å². The topological polar surface area (TPSA) is 55.1 Å². The highest BCUT2D eigenvalue weighted by atomic mass is 79.9. The van der Waals surface area contributed by atoms with Crippen LogP contribution in [0.25, 0.3) is 0 Å². The van der Waals surface area contributed by atoms with Crippen molar-refractivity contribution in [1.29, 1.82) is 0 Å². The second-order valence-corrected chi connectivity index (χ2v) is 5.03. The smallest absolute Gasteiger partial charge is 0.228 e. The molecule has 88 valence electrons. The molecule has 5 heteroatoms. The standard InChI is InChI=1S/C11H14BrClN2O/c1-6(7(2)14)11(16)15-8-3-4-9(12)10(13)5-8/h3-7H,14H2,1-2H3,(H,15,16). The van der Waals surface area contributed by atoms with Gasteiger partial charge < -0.3 is 11.1 Å². The molecule has 1 rings (SSSR count). The molecule has 0 aromatic heterocycles. The molecule has 2 unspecified atom stereocenters. The quantitative estimate of drug-likeness (QED) is 0.902. The van der Waals surface area contributed by atoms with Gasteiger partial charge >= 0.3 is 0 Å². The SMILES string of the molecule is CC(N)C(C)C(=O)Nc1ccc(Br)c(Cl)c1. The monoisotopic (exact) mass is 304 g/mol. The van der Waals surface area contributed by atoms with Crippen LogP contribution in [0.1, 0.15) is 13.8 Å². The zero-order valence-corrected chi connectivity index (χ0v) is 11.5. The summed E-state index contributed by atoms with van der Waals surface area (Å²) >= 11 is 9.20. The highest BCUT2D eigenvalue weighted by Crippen LogP contribution is 2.25. The Morgan fingerprint density at radius 1 is 1.50 bits per heavy atom. The summed E-state index contributed by atoms with van der Waals surface area (Å²) in [5.41, 5.74) is 6.32. The fraction of sp³-hybridized carbons (Fsp3) is 0.364. The van der Waals surface area contributed by atoms with Crippen molar-refractivity contribution >= 4 is 39.1 Å². The molecule has 0 spiro atoms. The van der Waals surface area contributed by atoms with E-state index in [1.54, 1.807) is 32.0 Å². The van der Waals surface area contributed by atoms with Crippen LogP contribution >= 0.6 is 27.5 Å². The number of amides is 1. The maximum absolute atomic E-state index is 11.7. The van der Waals surface area contributed by atoms with Gasteiger partial charge in [0.05, 0.1) is 10.9 Å². The summed E-state index contributed by atoms with van der Waals surface area (Å²) in [4.78, 5) is 11.7. The maximum Gasteiger partial charge on any atom is 0.228 e. The lowest BCUT2D eigenvalue weighted by Gasteiger charge is -2.15. The highest BCUT2D eigenvalue weighted by Gasteiger charge is 2.17. The molecule has 0 aliphatic heterocycles. The van der Waals surface area contributed by atoms with Gasteiger partial charge in [0.1, 0.15) is 0 Å². The van der Waals surface area contributed by atoms with Crippen LogP contribution in [0.4, 0.5) is 5.69 Å². The molecular formula is C11H14BrClN2O. The molecule has 1 aromatic rings. The van der Waals surface area contributed by atoms with Gasteiger partial charge in [-0.15, -0.1) is 0 Å². The van der Waals surface area contributed by atoms with Crippen molar-refractivity contribution in [3.8, 4) is 0 Å². The van der Waals surface area contributed by atoms with Gasteiger partial charge in [0.2, 0.25) is 5.91 Å². The summed E-state index contributed by atoms with van der Waals surface area (Å²) in [7, 11) is 0. The summed E-state index contributed by atoms with van der Waals surface area (Å²) in [6.45, 7) is 3.60. The molecule has 3 nitrogen and oxygen atoms in total. The molecule has 0 aliphatic rings. The van der Waals surface area contributed by atoms with E-state index < -0.39 is 0 Å². The van der Waals surface area contributed by atoms with Gasteiger partial charge in [-0.3, -0.25) is 4.79 Å². The minimum Gasteiger partial charge on any atom is -0.327 e. The summed E-state index contributed by atoms with van der Waals surface area (Å²) in [6, 6.07) is 5.08. The van der Waals surface area contributed by atoms with Crippen molar-refractivity contribution in [3.05, 3.63) is 27.7 Å². The first-order valence-corrected chi connectivity index (χ1v) is 6.10. The number of rotatable bonds is 3. The second-order valence-electron chi connectivity index (χ2n) is 3.77. The number of hydrogen-bond acceptors (Lipinski definition) is 2. The Hall–Kier alpha value is -0.580. The Balaban J connectivity index is 2.74. The molecule has 1 aromatic carbocycles. The third-order valence-corrected chi connectivity index (χ3v) is 3.62. The number of carbonyl (C=O) groups is 1. The van der Waals surface area contributed by atoms with Gasteiger partial charge in [0.15, 0.2) is 0 Å². The fourth-order valence-electron chi connectivity index (χ4n) is 1.07. The first-order valence-electron chi connectivity index (χ1n) is 4.93. The van der Waals surface area contributed by atoms with Gasteiger partial charge in [0.25, 0.3) is 0 Å². The first-order chi connectivity index (χ1) is 7.41. The average Bonchev–Trinajstić information content (AvgIpc) is 2.22. The Morgan fingerprint density at radius 2 is 2.12 bits per heavy atom. The molecule has 0 radical (unpaired) electrons. The van der Waals surface area contributed by atoms with Crippen molar-refractivity contribution < 1.29 is 4.79 Å². The molecule has 3 N–H and O–H groups in total. The molecule has 0 heterocycles. The molecule has 0 fully saturated rings. The zero-order valence-electron chi connectivity index (χ0n) is 9.13. The zero-order chi connectivity index (χ0) is 12.3. The van der Waals surface area contributed by atoms with Crippen molar-refractivity contribution in [2.75, 3.05) is 5.32 Å². The lowest BCUT2D eigenvalue weighted by Crippen LogP contribution is -2.34. The Morgan fingerprint density at radius 3 is 2.62 bits per heavy atom. The van der Waals surface area contributed by atoms with Crippen LogP contribution in [0.15, 0.2) is 22.7 Å². The number of anilines is 1. The van der Waals surface area contributed by atoms with Crippen LogP contribution in [0.5, 0.6) is 0 Å². The number of hydrogen-bond donors (Lipinski definition) is 2. The predicted molar refractivity (Wildman–Crippen MR) is 70.6 cm³/mol. The molecule has 2 atom stereocenters. The third-order valence-electron chi connectivity index (χ3n) is 2.39. The van der Waals surface area contributed by atoms with Gasteiger partial charge in [-0.1, -0.05) is 18.5 Å². The van der Waals surface area contributed by atoms with E-state index in [2.05, 4.69) is 21.2 Å². The van der Waals surface area contributed by atoms with E-state index in [9.17, 15) is 4.79 Å².